The van der Waals surface area contributed by atoms with Gasteiger partial charge in [0.15, 0.2) is 0 Å². The molecule has 9 nitrogen and oxygen atoms in total. The lowest BCUT2D eigenvalue weighted by molar-refractivity contribution is -0.146. The molecule has 0 bridgehead atoms. The molecule has 35 heavy (non-hydrogen) atoms. The lowest BCUT2D eigenvalue weighted by atomic mass is 10.0. The number of ether oxygens (including phenoxy) is 1. The Bertz CT molecular complexity index is 1190. The van der Waals surface area contributed by atoms with Crippen LogP contribution in [-0.2, 0) is 35.6 Å². The second kappa shape index (κ2) is 10.6. The van der Waals surface area contributed by atoms with Crippen molar-refractivity contribution in [3.05, 3.63) is 54.1 Å². The summed E-state index contributed by atoms with van der Waals surface area (Å²) in [5.74, 6) is -0.985. The van der Waals surface area contributed by atoms with Gasteiger partial charge in [-0.05, 0) is 61.2 Å². The fraction of sp³-hybridized carbons (Fsp3) is 0.400. The van der Waals surface area contributed by atoms with Gasteiger partial charge in [-0.25, -0.2) is 8.42 Å². The highest BCUT2D eigenvalue weighted by Gasteiger charge is 2.33. The number of benzene rings is 2. The summed E-state index contributed by atoms with van der Waals surface area (Å²) < 4.78 is 32.1. The standard InChI is InChI=1S/C25H29N3O6S/c1-34-25(31)19-4-2-14-27(17-19)35(32,33)22-12-8-20(9-13-22)26-23(29)16-18-6-10-21(11-7-18)28-15-3-5-24(28)30/h6-13,19H,2-5,14-17H2,1H3,(H,26,29)/t19-/m1/s1. The number of hydrogen-bond donors (Lipinski definition) is 1. The minimum absolute atomic E-state index is 0.0954. The van der Waals surface area contributed by atoms with Gasteiger partial charge in [-0.15, -0.1) is 0 Å². The Morgan fingerprint density at radius 3 is 2.37 bits per heavy atom. The summed E-state index contributed by atoms with van der Waals surface area (Å²) in [6, 6.07) is 13.4. The van der Waals surface area contributed by atoms with Crippen LogP contribution in [0.25, 0.3) is 0 Å². The van der Waals surface area contributed by atoms with E-state index in [4.69, 9.17) is 4.74 Å². The SMILES string of the molecule is COC(=O)[C@@H]1CCCN(S(=O)(=O)c2ccc(NC(=O)Cc3ccc(N4CCCC4=O)cc3)cc2)C1. The van der Waals surface area contributed by atoms with Crippen molar-refractivity contribution in [2.75, 3.05) is 37.0 Å². The van der Waals surface area contributed by atoms with Crippen molar-refractivity contribution in [1.82, 2.24) is 4.31 Å². The Hall–Kier alpha value is -3.24. The van der Waals surface area contributed by atoms with Crippen molar-refractivity contribution >= 4 is 39.2 Å². The molecule has 4 rings (SSSR count). The Labute approximate surface area is 205 Å². The molecule has 0 aliphatic carbocycles. The summed E-state index contributed by atoms with van der Waals surface area (Å²) in [5, 5.41) is 2.78. The van der Waals surface area contributed by atoms with Gasteiger partial charge in [0.05, 0.1) is 24.3 Å². The molecule has 0 spiro atoms. The van der Waals surface area contributed by atoms with Gasteiger partial charge >= 0.3 is 5.97 Å². The molecule has 2 saturated heterocycles. The minimum Gasteiger partial charge on any atom is -0.469 e. The zero-order valence-electron chi connectivity index (χ0n) is 19.6. The molecule has 2 aromatic rings. The van der Waals surface area contributed by atoms with Crippen LogP contribution in [0.1, 0.15) is 31.2 Å². The molecule has 0 radical (unpaired) electrons. The van der Waals surface area contributed by atoms with E-state index < -0.39 is 21.9 Å². The van der Waals surface area contributed by atoms with E-state index in [9.17, 15) is 22.8 Å². The maximum Gasteiger partial charge on any atom is 0.309 e. The highest BCUT2D eigenvalue weighted by atomic mass is 32.2. The van der Waals surface area contributed by atoms with Gasteiger partial charge in [0.25, 0.3) is 0 Å². The molecular formula is C25H29N3O6S. The van der Waals surface area contributed by atoms with Crippen molar-refractivity contribution in [1.29, 1.82) is 0 Å². The van der Waals surface area contributed by atoms with Crippen molar-refractivity contribution in [2.45, 2.75) is 37.0 Å². The lowest BCUT2D eigenvalue weighted by Crippen LogP contribution is -2.42. The number of hydrogen-bond acceptors (Lipinski definition) is 6. The number of esters is 1. The van der Waals surface area contributed by atoms with Crippen LogP contribution < -0.4 is 10.2 Å². The first-order valence-corrected chi connectivity index (χ1v) is 13.1. The third kappa shape index (κ3) is 5.71. The van der Waals surface area contributed by atoms with E-state index in [1.165, 1.54) is 23.5 Å². The molecule has 0 aromatic heterocycles. The number of rotatable bonds is 7. The van der Waals surface area contributed by atoms with Gasteiger partial charge < -0.3 is 15.0 Å². The molecule has 186 valence electrons. The summed E-state index contributed by atoms with van der Waals surface area (Å²) in [5.41, 5.74) is 2.13. The Balaban J connectivity index is 1.35. The number of anilines is 2. The zero-order valence-corrected chi connectivity index (χ0v) is 20.4. The van der Waals surface area contributed by atoms with Crippen LogP contribution in [0.15, 0.2) is 53.4 Å². The normalized spacial score (nSPS) is 18.9. The highest BCUT2D eigenvalue weighted by molar-refractivity contribution is 7.89. The van der Waals surface area contributed by atoms with Crippen molar-refractivity contribution in [3.63, 3.8) is 0 Å². The molecular weight excluding hydrogens is 470 g/mol. The summed E-state index contributed by atoms with van der Waals surface area (Å²) in [7, 11) is -2.46. The number of amides is 2. The van der Waals surface area contributed by atoms with Crippen molar-refractivity contribution in [2.24, 2.45) is 5.92 Å². The maximum atomic E-state index is 13.0. The molecule has 0 unspecified atom stereocenters. The number of piperidine rings is 1. The largest absolute Gasteiger partial charge is 0.469 e. The topological polar surface area (TPSA) is 113 Å². The van der Waals surface area contributed by atoms with Gasteiger partial charge in [0.1, 0.15) is 0 Å². The minimum atomic E-state index is -3.76. The molecule has 2 aliphatic heterocycles. The highest BCUT2D eigenvalue weighted by Crippen LogP contribution is 2.26. The number of methoxy groups -OCH3 is 1. The van der Waals surface area contributed by atoms with E-state index in [1.807, 2.05) is 24.3 Å². The molecule has 10 heteroatoms. The predicted octanol–water partition coefficient (Wildman–Crippen LogP) is 2.57. The number of sulfonamides is 1. The van der Waals surface area contributed by atoms with E-state index in [0.717, 1.165) is 17.7 Å². The summed E-state index contributed by atoms with van der Waals surface area (Å²) in [6.07, 6.45) is 2.76. The number of nitrogens with zero attached hydrogens (tertiary/aromatic N) is 2. The van der Waals surface area contributed by atoms with E-state index in [0.29, 0.717) is 38.0 Å². The molecule has 0 saturated carbocycles. The number of carbonyl (C=O) groups excluding carboxylic acids is 3. The lowest BCUT2D eigenvalue weighted by Gasteiger charge is -2.30. The fourth-order valence-electron chi connectivity index (χ4n) is 4.48. The fourth-order valence-corrected chi connectivity index (χ4v) is 6.01. The maximum absolute atomic E-state index is 13.0. The van der Waals surface area contributed by atoms with Crippen molar-refractivity contribution in [3.8, 4) is 0 Å². The smallest absolute Gasteiger partial charge is 0.309 e. The van der Waals surface area contributed by atoms with Crippen LogP contribution >= 0.6 is 0 Å². The molecule has 1 atom stereocenters. The number of nitrogens with one attached hydrogen (secondary N) is 1. The van der Waals surface area contributed by atoms with E-state index in [-0.39, 0.29) is 29.7 Å². The summed E-state index contributed by atoms with van der Waals surface area (Å²) in [6.45, 7) is 1.16. The van der Waals surface area contributed by atoms with E-state index in [2.05, 4.69) is 5.32 Å². The van der Waals surface area contributed by atoms with Crippen LogP contribution in [0.2, 0.25) is 0 Å². The number of carbonyl (C=O) groups is 3. The van der Waals surface area contributed by atoms with Gasteiger partial charge in [0, 0.05) is 37.4 Å². The molecule has 2 fully saturated rings. The van der Waals surface area contributed by atoms with Crippen LogP contribution in [0.3, 0.4) is 0 Å². The second-order valence-corrected chi connectivity index (χ2v) is 10.7. The molecule has 2 amide bonds. The van der Waals surface area contributed by atoms with Gasteiger partial charge in [0.2, 0.25) is 21.8 Å². The second-order valence-electron chi connectivity index (χ2n) is 8.79. The van der Waals surface area contributed by atoms with E-state index >= 15 is 0 Å². The predicted molar refractivity (Wildman–Crippen MR) is 130 cm³/mol. The van der Waals surface area contributed by atoms with E-state index in [1.54, 1.807) is 17.0 Å². The average molecular weight is 500 g/mol. The monoisotopic (exact) mass is 499 g/mol. The Morgan fingerprint density at radius 1 is 1.03 bits per heavy atom. The summed E-state index contributed by atoms with van der Waals surface area (Å²) >= 11 is 0. The first-order chi connectivity index (χ1) is 16.8. The molecule has 2 heterocycles. The average Bonchev–Trinajstić information content (AvgIpc) is 3.30. The third-order valence-corrected chi connectivity index (χ3v) is 8.26. The van der Waals surface area contributed by atoms with Crippen LogP contribution in [0.4, 0.5) is 11.4 Å². The van der Waals surface area contributed by atoms with Gasteiger partial charge in [-0.1, -0.05) is 12.1 Å². The quantitative estimate of drug-likeness (QED) is 0.586. The third-order valence-electron chi connectivity index (χ3n) is 6.38. The summed E-state index contributed by atoms with van der Waals surface area (Å²) in [4.78, 5) is 38.1. The molecule has 1 N–H and O–H groups in total. The first-order valence-electron chi connectivity index (χ1n) is 11.6. The Morgan fingerprint density at radius 2 is 1.74 bits per heavy atom. The Kier molecular flexibility index (Phi) is 7.51. The zero-order chi connectivity index (χ0) is 25.0. The van der Waals surface area contributed by atoms with Crippen molar-refractivity contribution < 1.29 is 27.5 Å². The van der Waals surface area contributed by atoms with Crippen LogP contribution in [-0.4, -0.2) is 57.3 Å². The van der Waals surface area contributed by atoms with Crippen LogP contribution in [0.5, 0.6) is 0 Å². The molecule has 2 aliphatic rings. The first kappa shape index (κ1) is 24.9. The van der Waals surface area contributed by atoms with Crippen LogP contribution in [0, 0.1) is 5.92 Å². The van der Waals surface area contributed by atoms with Gasteiger partial charge in [-0.2, -0.15) is 4.31 Å². The van der Waals surface area contributed by atoms with Gasteiger partial charge in [-0.3, -0.25) is 14.4 Å². The molecule has 2 aromatic carbocycles.